The highest BCUT2D eigenvalue weighted by molar-refractivity contribution is 5.98. The van der Waals surface area contributed by atoms with Crippen molar-refractivity contribution in [3.05, 3.63) is 42.0 Å². The van der Waals surface area contributed by atoms with Crippen LogP contribution in [0.1, 0.15) is 25.8 Å². The molecule has 4 rings (SSSR count). The fourth-order valence-corrected chi connectivity index (χ4v) is 4.57. The van der Waals surface area contributed by atoms with Gasteiger partial charge in [0.2, 0.25) is 0 Å². The molecule has 0 bridgehead atoms. The molecule has 1 fully saturated rings. The lowest BCUT2D eigenvalue weighted by atomic mass is 10.1. The van der Waals surface area contributed by atoms with Gasteiger partial charge in [0.25, 0.3) is 5.91 Å². The van der Waals surface area contributed by atoms with Crippen LogP contribution in [0.15, 0.2) is 36.4 Å². The lowest BCUT2D eigenvalue weighted by Crippen LogP contribution is -2.45. The summed E-state index contributed by atoms with van der Waals surface area (Å²) in [6.07, 6.45) is 1.36. The number of ether oxygens (including phenoxy) is 2. The Hall–Kier alpha value is -2.77. The van der Waals surface area contributed by atoms with Crippen molar-refractivity contribution in [2.75, 3.05) is 55.0 Å². The number of anilines is 4. The molecule has 32 heavy (non-hydrogen) atoms. The summed E-state index contributed by atoms with van der Waals surface area (Å²) in [5, 5.41) is 6.61. The summed E-state index contributed by atoms with van der Waals surface area (Å²) in [7, 11) is 1.92. The minimum atomic E-state index is 0.00674. The molecule has 2 N–H and O–H groups in total. The Morgan fingerprint density at radius 2 is 1.72 bits per heavy atom. The molecule has 1 amide bonds. The highest BCUT2D eigenvalue weighted by atomic mass is 16.5. The second-order valence-corrected chi connectivity index (χ2v) is 8.76. The number of nitrogens with one attached hydrogen (secondary N) is 2. The number of aryl methyl sites for hydroxylation is 1. The van der Waals surface area contributed by atoms with Gasteiger partial charge in [0.15, 0.2) is 6.61 Å². The van der Waals surface area contributed by atoms with E-state index in [-0.39, 0.29) is 24.7 Å². The lowest BCUT2D eigenvalue weighted by molar-refractivity contribution is -0.121. The number of hydrogen-bond donors (Lipinski definition) is 2. The third-order valence-corrected chi connectivity index (χ3v) is 5.96. The fourth-order valence-electron chi connectivity index (χ4n) is 4.57. The van der Waals surface area contributed by atoms with Crippen molar-refractivity contribution in [3.63, 3.8) is 0 Å². The summed E-state index contributed by atoms with van der Waals surface area (Å²) < 4.78 is 11.6. The molecule has 2 aromatic rings. The molecule has 0 aliphatic carbocycles. The van der Waals surface area contributed by atoms with Crippen LogP contribution in [0.5, 0.6) is 5.75 Å². The van der Waals surface area contributed by atoms with Gasteiger partial charge in [0, 0.05) is 42.8 Å². The molecule has 0 aromatic heterocycles. The van der Waals surface area contributed by atoms with Gasteiger partial charge in [0.1, 0.15) is 5.75 Å². The predicted molar refractivity (Wildman–Crippen MR) is 130 cm³/mol. The van der Waals surface area contributed by atoms with Crippen molar-refractivity contribution in [1.82, 2.24) is 5.32 Å². The van der Waals surface area contributed by atoms with Gasteiger partial charge in [-0.1, -0.05) is 0 Å². The molecule has 7 heteroatoms. The van der Waals surface area contributed by atoms with Gasteiger partial charge in [-0.05, 0) is 76.7 Å². The summed E-state index contributed by atoms with van der Waals surface area (Å²) in [4.78, 5) is 16.6. The first kappa shape index (κ1) is 22.4. The van der Waals surface area contributed by atoms with Crippen LogP contribution >= 0.6 is 0 Å². The van der Waals surface area contributed by atoms with Crippen LogP contribution in [-0.4, -0.2) is 57.9 Å². The first-order valence-corrected chi connectivity index (χ1v) is 11.4. The Kier molecular flexibility index (Phi) is 6.86. The molecule has 2 atom stereocenters. The Balaban J connectivity index is 1.48. The maximum absolute atomic E-state index is 12.3. The highest BCUT2D eigenvalue weighted by Gasteiger charge is 2.26. The smallest absolute Gasteiger partial charge is 0.265 e. The first-order chi connectivity index (χ1) is 15.4. The zero-order valence-corrected chi connectivity index (χ0v) is 19.5. The molecule has 2 heterocycles. The number of nitrogens with zero attached hydrogens (tertiary/aromatic N) is 2. The minimum Gasteiger partial charge on any atom is -0.481 e. The van der Waals surface area contributed by atoms with Gasteiger partial charge in [-0.2, -0.15) is 0 Å². The quantitative estimate of drug-likeness (QED) is 0.643. The third-order valence-electron chi connectivity index (χ3n) is 5.96. The third kappa shape index (κ3) is 5.00. The molecule has 0 saturated carbocycles. The van der Waals surface area contributed by atoms with Gasteiger partial charge in [-0.3, -0.25) is 4.79 Å². The average molecular weight is 439 g/mol. The minimum absolute atomic E-state index is 0.00674. The van der Waals surface area contributed by atoms with Crippen LogP contribution in [0, 0.1) is 6.92 Å². The Morgan fingerprint density at radius 1 is 1.03 bits per heavy atom. The van der Waals surface area contributed by atoms with E-state index in [1.54, 1.807) is 0 Å². The van der Waals surface area contributed by atoms with Crippen molar-refractivity contribution in [2.24, 2.45) is 0 Å². The summed E-state index contributed by atoms with van der Waals surface area (Å²) in [5.41, 5.74) is 5.28. The maximum Gasteiger partial charge on any atom is 0.265 e. The number of carbonyl (C=O) groups excluding carboxylic acids is 1. The first-order valence-electron chi connectivity index (χ1n) is 11.4. The van der Waals surface area contributed by atoms with E-state index < -0.39 is 0 Å². The lowest BCUT2D eigenvalue weighted by Gasteiger charge is -2.37. The molecule has 0 radical (unpaired) electrons. The molecule has 2 aliphatic rings. The van der Waals surface area contributed by atoms with Gasteiger partial charge in [0.05, 0.1) is 17.9 Å². The van der Waals surface area contributed by atoms with Gasteiger partial charge < -0.3 is 29.9 Å². The van der Waals surface area contributed by atoms with E-state index >= 15 is 0 Å². The number of morpholine rings is 1. The predicted octanol–water partition coefficient (Wildman–Crippen LogP) is 3.69. The molecular weight excluding hydrogens is 404 g/mol. The number of fused-ring (bicyclic) bond motifs is 1. The normalized spacial score (nSPS) is 20.7. The van der Waals surface area contributed by atoms with Crippen LogP contribution in [0.25, 0.3) is 0 Å². The molecule has 1 saturated heterocycles. The Labute approximate surface area is 190 Å². The monoisotopic (exact) mass is 438 g/mol. The molecule has 172 valence electrons. The van der Waals surface area contributed by atoms with E-state index in [1.807, 2.05) is 30.1 Å². The second kappa shape index (κ2) is 9.79. The summed E-state index contributed by atoms with van der Waals surface area (Å²) in [6, 6.07) is 12.4. The SMILES string of the molecule is CNCCCN1C(=O)COc2cc(Nc3ccc(N4CC(C)OC(C)C4)c(C)c3)ccc21. The number of hydrogen-bond acceptors (Lipinski definition) is 6. The van der Waals surface area contributed by atoms with E-state index in [1.165, 1.54) is 11.3 Å². The summed E-state index contributed by atoms with van der Waals surface area (Å²) >= 11 is 0. The van der Waals surface area contributed by atoms with Gasteiger partial charge in [-0.25, -0.2) is 0 Å². The molecule has 2 aliphatic heterocycles. The van der Waals surface area contributed by atoms with E-state index in [9.17, 15) is 4.79 Å². The van der Waals surface area contributed by atoms with Crippen LogP contribution in [0.4, 0.5) is 22.7 Å². The second-order valence-electron chi connectivity index (χ2n) is 8.76. The zero-order chi connectivity index (χ0) is 22.7. The molecule has 0 spiro atoms. The van der Waals surface area contributed by atoms with Crippen molar-refractivity contribution in [2.45, 2.75) is 39.4 Å². The summed E-state index contributed by atoms with van der Waals surface area (Å²) in [6.45, 7) is 9.85. The Bertz CT molecular complexity index is 954. The van der Waals surface area contributed by atoms with E-state index in [0.29, 0.717) is 6.54 Å². The number of benzene rings is 2. The van der Waals surface area contributed by atoms with Crippen LogP contribution < -0.4 is 25.2 Å². The standard InChI is InChI=1S/C25H34N4O3/c1-17-12-20(6-8-22(17)28-14-18(2)32-19(3)15-28)27-21-7-9-23-24(13-21)31-16-25(30)29(23)11-5-10-26-4/h6-9,12-13,18-19,26-27H,5,10-11,14-16H2,1-4H3. The van der Waals surface area contributed by atoms with Gasteiger partial charge >= 0.3 is 0 Å². The number of rotatable bonds is 7. The van der Waals surface area contributed by atoms with E-state index in [4.69, 9.17) is 9.47 Å². The zero-order valence-electron chi connectivity index (χ0n) is 19.5. The van der Waals surface area contributed by atoms with Crippen molar-refractivity contribution < 1.29 is 14.3 Å². The van der Waals surface area contributed by atoms with Gasteiger partial charge in [-0.15, -0.1) is 0 Å². The largest absolute Gasteiger partial charge is 0.481 e. The molecule has 2 aromatic carbocycles. The molecule has 2 unspecified atom stereocenters. The van der Waals surface area contributed by atoms with Crippen LogP contribution in [0.2, 0.25) is 0 Å². The fraction of sp³-hybridized carbons (Fsp3) is 0.480. The van der Waals surface area contributed by atoms with Crippen molar-refractivity contribution >= 4 is 28.7 Å². The number of amides is 1. The van der Waals surface area contributed by atoms with E-state index in [0.717, 1.165) is 48.9 Å². The van der Waals surface area contributed by atoms with Crippen molar-refractivity contribution in [3.8, 4) is 5.75 Å². The topological polar surface area (TPSA) is 66.1 Å². The summed E-state index contributed by atoms with van der Waals surface area (Å²) in [5.74, 6) is 0.746. The maximum atomic E-state index is 12.3. The molecule has 7 nitrogen and oxygen atoms in total. The van der Waals surface area contributed by atoms with Crippen LogP contribution in [0.3, 0.4) is 0 Å². The van der Waals surface area contributed by atoms with Crippen LogP contribution in [-0.2, 0) is 9.53 Å². The number of carbonyl (C=O) groups is 1. The average Bonchev–Trinajstić information content (AvgIpc) is 2.75. The highest BCUT2D eigenvalue weighted by Crippen LogP contribution is 2.36. The molecular formula is C25H34N4O3. The van der Waals surface area contributed by atoms with Crippen molar-refractivity contribution in [1.29, 1.82) is 0 Å². The Morgan fingerprint density at radius 3 is 2.41 bits per heavy atom. The van der Waals surface area contributed by atoms with E-state index in [2.05, 4.69) is 54.5 Å².